The average molecular weight is 461 g/mol. The monoisotopic (exact) mass is 460 g/mol. The van der Waals surface area contributed by atoms with Crippen molar-refractivity contribution < 1.29 is 22.9 Å². The van der Waals surface area contributed by atoms with E-state index in [-0.39, 0.29) is 28.5 Å². The van der Waals surface area contributed by atoms with E-state index in [0.717, 1.165) is 12.3 Å². The van der Waals surface area contributed by atoms with Gasteiger partial charge in [-0.1, -0.05) is 25.4 Å². The molecule has 0 spiro atoms. The molecule has 0 saturated carbocycles. The lowest BCUT2D eigenvalue weighted by Crippen LogP contribution is -2.54. The maximum absolute atomic E-state index is 12.7. The maximum Gasteiger partial charge on any atom is 0.288 e. The van der Waals surface area contributed by atoms with Gasteiger partial charge in [-0.15, -0.1) is 0 Å². The summed E-state index contributed by atoms with van der Waals surface area (Å²) in [5.74, 6) is -1.26. The largest absolute Gasteiger partial charge is 0.351 e. The highest BCUT2D eigenvalue weighted by Crippen LogP contribution is 2.25. The smallest absolute Gasteiger partial charge is 0.288 e. The normalized spacial score (nSPS) is 16.8. The van der Waals surface area contributed by atoms with E-state index in [2.05, 4.69) is 10.6 Å². The standard InChI is InChI=1S/C18H25ClN4O6S/c1-11(2)16(18(25)20-13-6-8-22(9-7-13)30(3,28)29)21-17(24)12-4-5-14(19)15(10-12)23(26)27/h4-5,10-11,13,16H,6-9H2,1-3H3,(H,20,25)(H,21,24). The Labute approximate surface area is 180 Å². The van der Waals surface area contributed by atoms with Gasteiger partial charge in [-0.2, -0.15) is 0 Å². The predicted octanol–water partition coefficient (Wildman–Crippen LogP) is 1.54. The number of halogens is 1. The average Bonchev–Trinajstić information content (AvgIpc) is 2.65. The zero-order chi connectivity index (χ0) is 22.6. The van der Waals surface area contributed by atoms with Gasteiger partial charge in [0.1, 0.15) is 11.1 Å². The van der Waals surface area contributed by atoms with Crippen LogP contribution in [0.2, 0.25) is 5.02 Å². The van der Waals surface area contributed by atoms with E-state index in [4.69, 9.17) is 11.6 Å². The number of sulfonamides is 1. The number of nitro benzene ring substituents is 1. The number of carbonyl (C=O) groups is 2. The second kappa shape index (κ2) is 9.71. The number of amides is 2. The van der Waals surface area contributed by atoms with Gasteiger partial charge in [-0.05, 0) is 30.9 Å². The molecule has 0 aromatic heterocycles. The zero-order valence-electron chi connectivity index (χ0n) is 16.9. The Morgan fingerprint density at radius 2 is 1.87 bits per heavy atom. The fraction of sp³-hybridized carbons (Fsp3) is 0.556. The van der Waals surface area contributed by atoms with Crippen molar-refractivity contribution in [3.05, 3.63) is 38.9 Å². The van der Waals surface area contributed by atoms with Crippen molar-refractivity contribution in [1.29, 1.82) is 0 Å². The third kappa shape index (κ3) is 6.13. The van der Waals surface area contributed by atoms with Crippen LogP contribution in [-0.2, 0) is 14.8 Å². The second-order valence-corrected chi connectivity index (χ2v) is 9.95. The molecule has 1 saturated heterocycles. The van der Waals surface area contributed by atoms with E-state index in [1.54, 1.807) is 13.8 Å². The molecule has 1 unspecified atom stereocenters. The third-order valence-corrected chi connectivity index (χ3v) is 6.53. The number of carbonyl (C=O) groups excluding carboxylic acids is 2. The Balaban J connectivity index is 2.04. The molecule has 30 heavy (non-hydrogen) atoms. The molecule has 1 heterocycles. The summed E-state index contributed by atoms with van der Waals surface area (Å²) in [6, 6.07) is 2.61. The number of benzene rings is 1. The lowest BCUT2D eigenvalue weighted by molar-refractivity contribution is -0.384. The fourth-order valence-corrected chi connectivity index (χ4v) is 4.24. The van der Waals surface area contributed by atoms with Crippen molar-refractivity contribution in [2.45, 2.75) is 38.8 Å². The van der Waals surface area contributed by atoms with E-state index in [0.29, 0.717) is 25.9 Å². The molecule has 1 aliphatic rings. The van der Waals surface area contributed by atoms with Crippen LogP contribution in [0.3, 0.4) is 0 Å². The van der Waals surface area contributed by atoms with Crippen LogP contribution in [-0.4, -0.2) is 60.9 Å². The van der Waals surface area contributed by atoms with E-state index in [1.807, 2.05) is 0 Å². The van der Waals surface area contributed by atoms with Crippen molar-refractivity contribution in [2.75, 3.05) is 19.3 Å². The first-order valence-electron chi connectivity index (χ1n) is 9.40. The van der Waals surface area contributed by atoms with E-state index in [1.165, 1.54) is 16.4 Å². The molecule has 10 nitrogen and oxygen atoms in total. The van der Waals surface area contributed by atoms with Gasteiger partial charge in [0.05, 0.1) is 11.2 Å². The van der Waals surface area contributed by atoms with Crippen LogP contribution in [0.1, 0.15) is 37.0 Å². The SMILES string of the molecule is CC(C)C(NC(=O)c1ccc(Cl)c([N+](=O)[O-])c1)C(=O)NC1CCN(S(C)(=O)=O)CC1. The Hall–Kier alpha value is -2.24. The van der Waals surface area contributed by atoms with Crippen LogP contribution in [0.5, 0.6) is 0 Å². The molecule has 0 bridgehead atoms. The first kappa shape index (κ1) is 24.0. The van der Waals surface area contributed by atoms with Crippen molar-refractivity contribution in [3.63, 3.8) is 0 Å². The van der Waals surface area contributed by atoms with Crippen molar-refractivity contribution >= 4 is 39.1 Å². The number of rotatable bonds is 7. The summed E-state index contributed by atoms with van der Waals surface area (Å²) < 4.78 is 24.6. The molecule has 1 aliphatic heterocycles. The minimum Gasteiger partial charge on any atom is -0.351 e. The van der Waals surface area contributed by atoms with Crippen LogP contribution in [0.15, 0.2) is 18.2 Å². The summed E-state index contributed by atoms with van der Waals surface area (Å²) >= 11 is 5.77. The first-order valence-corrected chi connectivity index (χ1v) is 11.6. The molecule has 166 valence electrons. The topological polar surface area (TPSA) is 139 Å². The zero-order valence-corrected chi connectivity index (χ0v) is 18.5. The molecule has 12 heteroatoms. The third-order valence-electron chi connectivity index (χ3n) is 4.91. The van der Waals surface area contributed by atoms with Gasteiger partial charge >= 0.3 is 0 Å². The molecular weight excluding hydrogens is 436 g/mol. The lowest BCUT2D eigenvalue weighted by Gasteiger charge is -2.32. The Morgan fingerprint density at radius 3 is 2.37 bits per heavy atom. The molecule has 1 fully saturated rings. The second-order valence-electron chi connectivity index (χ2n) is 7.56. The number of nitro groups is 1. The lowest BCUT2D eigenvalue weighted by atomic mass is 10.0. The summed E-state index contributed by atoms with van der Waals surface area (Å²) in [4.78, 5) is 35.6. The Bertz CT molecular complexity index is 929. The summed E-state index contributed by atoms with van der Waals surface area (Å²) in [6.45, 7) is 4.16. The van der Waals surface area contributed by atoms with Gasteiger partial charge in [0.15, 0.2) is 0 Å². The molecule has 1 atom stereocenters. The fourth-order valence-electron chi connectivity index (χ4n) is 3.18. The summed E-state index contributed by atoms with van der Waals surface area (Å²) in [5.41, 5.74) is -0.376. The number of nitrogens with zero attached hydrogens (tertiary/aromatic N) is 2. The van der Waals surface area contributed by atoms with Crippen LogP contribution in [0.25, 0.3) is 0 Å². The summed E-state index contributed by atoms with van der Waals surface area (Å²) in [6.07, 6.45) is 2.10. The van der Waals surface area contributed by atoms with Gasteiger partial charge in [-0.3, -0.25) is 19.7 Å². The Morgan fingerprint density at radius 1 is 1.27 bits per heavy atom. The van der Waals surface area contributed by atoms with Crippen LogP contribution in [0, 0.1) is 16.0 Å². The maximum atomic E-state index is 12.7. The number of nitrogens with one attached hydrogen (secondary N) is 2. The minimum atomic E-state index is -3.26. The van der Waals surface area contributed by atoms with Gasteiger partial charge in [-0.25, -0.2) is 12.7 Å². The van der Waals surface area contributed by atoms with Gasteiger partial charge in [0.25, 0.3) is 11.6 Å². The van der Waals surface area contributed by atoms with E-state index in [9.17, 15) is 28.1 Å². The molecule has 2 N–H and O–H groups in total. The number of piperidine rings is 1. The van der Waals surface area contributed by atoms with E-state index >= 15 is 0 Å². The predicted molar refractivity (Wildman–Crippen MR) is 112 cm³/mol. The van der Waals surface area contributed by atoms with Crippen LogP contribution >= 0.6 is 11.6 Å². The highest BCUT2D eigenvalue weighted by molar-refractivity contribution is 7.88. The highest BCUT2D eigenvalue weighted by Gasteiger charge is 2.30. The molecule has 2 rings (SSSR count). The molecule has 2 amide bonds. The van der Waals surface area contributed by atoms with Crippen LogP contribution in [0.4, 0.5) is 5.69 Å². The van der Waals surface area contributed by atoms with Crippen molar-refractivity contribution in [2.24, 2.45) is 5.92 Å². The molecular formula is C18H25ClN4O6S. The van der Waals surface area contributed by atoms with Crippen molar-refractivity contribution in [3.8, 4) is 0 Å². The molecule has 1 aromatic carbocycles. The van der Waals surface area contributed by atoms with E-state index < -0.39 is 32.6 Å². The highest BCUT2D eigenvalue weighted by atomic mass is 35.5. The Kier molecular flexibility index (Phi) is 7.78. The quantitative estimate of drug-likeness (QED) is 0.467. The van der Waals surface area contributed by atoms with Gasteiger partial charge in [0, 0.05) is 30.8 Å². The first-order chi connectivity index (χ1) is 13.9. The summed E-state index contributed by atoms with van der Waals surface area (Å²) in [7, 11) is -3.26. The number of hydrogen-bond acceptors (Lipinski definition) is 6. The molecule has 0 radical (unpaired) electrons. The molecule has 1 aromatic rings. The molecule has 0 aliphatic carbocycles. The summed E-state index contributed by atoms with van der Waals surface area (Å²) in [5, 5.41) is 16.4. The van der Waals surface area contributed by atoms with Crippen molar-refractivity contribution in [1.82, 2.24) is 14.9 Å². The van der Waals surface area contributed by atoms with Gasteiger partial charge < -0.3 is 10.6 Å². The van der Waals surface area contributed by atoms with Crippen LogP contribution < -0.4 is 10.6 Å². The number of hydrogen-bond donors (Lipinski definition) is 2. The van der Waals surface area contributed by atoms with Gasteiger partial charge in [0.2, 0.25) is 15.9 Å². The minimum absolute atomic E-state index is 0.0195.